The first kappa shape index (κ1) is 30.1. The number of rotatable bonds is 8. The van der Waals surface area contributed by atoms with Crippen LogP contribution in [-0.2, 0) is 26.5 Å². The highest BCUT2D eigenvalue weighted by Gasteiger charge is 2.52. The fourth-order valence-corrected chi connectivity index (χ4v) is 5.75. The fourth-order valence-electron chi connectivity index (χ4n) is 5.56. The van der Waals surface area contributed by atoms with Gasteiger partial charge in [-0.3, -0.25) is 4.79 Å². The highest BCUT2D eigenvalue weighted by atomic mass is 35.5. The van der Waals surface area contributed by atoms with Crippen molar-refractivity contribution in [3.05, 3.63) is 94.0 Å². The Kier molecular flexibility index (Phi) is 8.41. The lowest BCUT2D eigenvalue weighted by molar-refractivity contribution is -0.142. The molecule has 3 atom stereocenters. The normalized spacial score (nSPS) is 25.1. The summed E-state index contributed by atoms with van der Waals surface area (Å²) in [5.74, 6) is 0.561. The molecule has 0 spiro atoms. The van der Waals surface area contributed by atoms with Crippen molar-refractivity contribution < 1.29 is 28.8 Å². The van der Waals surface area contributed by atoms with Crippen LogP contribution < -0.4 is 14.8 Å². The second kappa shape index (κ2) is 11.7. The molecule has 8 heteroatoms. The Morgan fingerprint density at radius 1 is 1.05 bits per heavy atom. The molecule has 1 saturated heterocycles. The molecule has 2 aliphatic heterocycles. The second-order valence-electron chi connectivity index (χ2n) is 12.0. The van der Waals surface area contributed by atoms with Crippen LogP contribution in [0.5, 0.6) is 11.5 Å². The van der Waals surface area contributed by atoms with Crippen molar-refractivity contribution in [2.24, 2.45) is 5.41 Å². The Morgan fingerprint density at radius 3 is 2.43 bits per heavy atom. The molecule has 42 heavy (non-hydrogen) atoms. The zero-order valence-electron chi connectivity index (χ0n) is 24.7. The van der Waals surface area contributed by atoms with Crippen LogP contribution in [0.25, 0.3) is 6.08 Å². The molecule has 0 aromatic heterocycles. The van der Waals surface area contributed by atoms with E-state index in [0.717, 1.165) is 18.4 Å². The molecule has 0 aliphatic carbocycles. The van der Waals surface area contributed by atoms with Gasteiger partial charge in [0.1, 0.15) is 18.1 Å². The summed E-state index contributed by atoms with van der Waals surface area (Å²) in [7, 11) is 2.97. The Hall–Kier alpha value is -3.36. The van der Waals surface area contributed by atoms with Gasteiger partial charge in [-0.05, 0) is 61.1 Å². The van der Waals surface area contributed by atoms with Crippen molar-refractivity contribution in [1.82, 2.24) is 0 Å². The molecule has 2 N–H and O–H groups in total. The topological polar surface area (TPSA) is 86.3 Å². The lowest BCUT2D eigenvalue weighted by Gasteiger charge is -2.41. The van der Waals surface area contributed by atoms with E-state index in [-0.39, 0.29) is 12.0 Å². The number of hydrogen-bond acceptors (Lipinski definition) is 6. The number of hydrogen-bond donors (Lipinski definition) is 2. The van der Waals surface area contributed by atoms with Crippen molar-refractivity contribution in [2.75, 3.05) is 26.1 Å². The van der Waals surface area contributed by atoms with Gasteiger partial charge in [0.15, 0.2) is 11.7 Å². The molecule has 2 aliphatic rings. The van der Waals surface area contributed by atoms with Gasteiger partial charge < -0.3 is 29.4 Å². The van der Waals surface area contributed by atoms with Crippen molar-refractivity contribution >= 4 is 29.3 Å². The molecule has 0 radical (unpaired) electrons. The third-order valence-corrected chi connectivity index (χ3v) is 8.62. The predicted octanol–water partition coefficient (Wildman–Crippen LogP) is 6.74. The SMILES string of the molecule is COc1ccc(C2(O)c3c(ccc(/C=C/C4(C)CCC(C)(C)CO4)c3OCc3ccccc3Cl)NC(=O)C2OC)cc1. The van der Waals surface area contributed by atoms with Gasteiger partial charge in [-0.15, -0.1) is 0 Å². The van der Waals surface area contributed by atoms with Gasteiger partial charge in [0.05, 0.1) is 30.6 Å². The third-order valence-electron chi connectivity index (χ3n) is 8.25. The molecule has 5 rings (SSSR count). The number of carbonyl (C=O) groups is 1. The molecule has 3 aromatic carbocycles. The monoisotopic (exact) mass is 591 g/mol. The first-order valence-corrected chi connectivity index (χ1v) is 14.4. The number of methoxy groups -OCH3 is 2. The summed E-state index contributed by atoms with van der Waals surface area (Å²) in [4.78, 5) is 13.2. The summed E-state index contributed by atoms with van der Waals surface area (Å²) in [6, 6.07) is 18.0. The predicted molar refractivity (Wildman–Crippen MR) is 164 cm³/mol. The minimum atomic E-state index is -1.88. The highest BCUT2D eigenvalue weighted by molar-refractivity contribution is 6.31. The minimum absolute atomic E-state index is 0.130. The number of anilines is 1. The Balaban J connectivity index is 1.66. The van der Waals surface area contributed by atoms with E-state index in [4.69, 9.17) is 30.5 Å². The summed E-state index contributed by atoms with van der Waals surface area (Å²) in [5.41, 5.74) is 0.573. The molecule has 0 saturated carbocycles. The van der Waals surface area contributed by atoms with Crippen molar-refractivity contribution in [3.8, 4) is 11.5 Å². The van der Waals surface area contributed by atoms with Gasteiger partial charge in [-0.1, -0.05) is 67.9 Å². The van der Waals surface area contributed by atoms with Crippen LogP contribution in [0.4, 0.5) is 5.69 Å². The molecule has 2 heterocycles. The summed E-state index contributed by atoms with van der Waals surface area (Å²) in [5, 5.41) is 16.1. The van der Waals surface area contributed by atoms with Crippen LogP contribution in [0.3, 0.4) is 0 Å². The van der Waals surface area contributed by atoms with Crippen LogP contribution in [0, 0.1) is 5.41 Å². The zero-order chi connectivity index (χ0) is 30.1. The maximum atomic E-state index is 13.2. The van der Waals surface area contributed by atoms with Gasteiger partial charge in [-0.25, -0.2) is 0 Å². The molecular formula is C34H38ClNO6. The van der Waals surface area contributed by atoms with E-state index in [0.29, 0.717) is 45.5 Å². The number of benzene rings is 3. The van der Waals surface area contributed by atoms with Crippen molar-refractivity contribution in [3.63, 3.8) is 0 Å². The summed E-state index contributed by atoms with van der Waals surface area (Å²) in [6.07, 6.45) is 4.67. The third kappa shape index (κ3) is 5.79. The molecule has 3 unspecified atom stereocenters. The molecule has 7 nitrogen and oxygen atoms in total. The lowest BCUT2D eigenvalue weighted by Crippen LogP contribution is -2.53. The van der Waals surface area contributed by atoms with Crippen molar-refractivity contribution in [1.29, 1.82) is 0 Å². The van der Waals surface area contributed by atoms with E-state index in [1.807, 2.05) is 36.4 Å². The quantitative estimate of drug-likeness (QED) is 0.302. The van der Waals surface area contributed by atoms with E-state index < -0.39 is 23.2 Å². The van der Waals surface area contributed by atoms with Crippen molar-refractivity contribution in [2.45, 2.75) is 57.5 Å². The molecule has 0 bridgehead atoms. The van der Waals surface area contributed by atoms with Gasteiger partial charge in [0.2, 0.25) is 0 Å². The average Bonchev–Trinajstić information content (AvgIpc) is 2.98. The maximum Gasteiger partial charge on any atom is 0.257 e. The Morgan fingerprint density at radius 2 is 1.79 bits per heavy atom. The van der Waals surface area contributed by atoms with Gasteiger partial charge >= 0.3 is 0 Å². The zero-order valence-corrected chi connectivity index (χ0v) is 25.5. The molecule has 3 aromatic rings. The summed E-state index contributed by atoms with van der Waals surface area (Å²) < 4.78 is 23.8. The van der Waals surface area contributed by atoms with Gasteiger partial charge in [0.25, 0.3) is 5.91 Å². The van der Waals surface area contributed by atoms with Gasteiger partial charge in [0, 0.05) is 23.3 Å². The first-order chi connectivity index (χ1) is 20.0. The van der Waals surface area contributed by atoms with E-state index in [1.54, 1.807) is 43.5 Å². The number of fused-ring (bicyclic) bond motifs is 1. The minimum Gasteiger partial charge on any atom is -0.497 e. The standard InChI is InChI=1S/C34H38ClNO6/c1-32(2)18-19-33(3,42-21-32)17-16-22-10-15-27-28(29(22)41-20-23-8-6-7-9-26(23)35)34(38,30(40-5)31(37)36-27)24-11-13-25(39-4)14-12-24/h6-17,30,38H,18-21H2,1-5H3,(H,36,37)/b17-16+. The second-order valence-corrected chi connectivity index (χ2v) is 12.4. The number of amides is 1. The van der Waals surface area contributed by atoms with Crippen LogP contribution in [0.2, 0.25) is 5.02 Å². The van der Waals surface area contributed by atoms with E-state index >= 15 is 0 Å². The molecular weight excluding hydrogens is 554 g/mol. The van der Waals surface area contributed by atoms with Crippen LogP contribution >= 0.6 is 11.6 Å². The Bertz CT molecular complexity index is 1470. The number of nitrogens with one attached hydrogen (secondary N) is 1. The smallest absolute Gasteiger partial charge is 0.257 e. The molecule has 222 valence electrons. The molecule has 1 amide bonds. The average molecular weight is 592 g/mol. The van der Waals surface area contributed by atoms with Crippen LogP contribution in [-0.4, -0.2) is 43.5 Å². The van der Waals surface area contributed by atoms with E-state index in [9.17, 15) is 9.90 Å². The van der Waals surface area contributed by atoms with Crippen LogP contribution in [0.15, 0.2) is 66.7 Å². The molecule has 1 fully saturated rings. The maximum absolute atomic E-state index is 13.2. The largest absolute Gasteiger partial charge is 0.497 e. The van der Waals surface area contributed by atoms with E-state index in [1.165, 1.54) is 7.11 Å². The lowest BCUT2D eigenvalue weighted by atomic mass is 9.76. The number of ether oxygens (including phenoxy) is 4. The van der Waals surface area contributed by atoms with Gasteiger partial charge in [-0.2, -0.15) is 0 Å². The summed E-state index contributed by atoms with van der Waals surface area (Å²) >= 11 is 6.47. The Labute approximate surface area is 252 Å². The highest BCUT2D eigenvalue weighted by Crippen LogP contribution is 2.49. The number of aliphatic hydroxyl groups is 1. The fraction of sp³-hybridized carbons (Fsp3) is 0.382. The first-order valence-electron chi connectivity index (χ1n) is 14.1. The number of carbonyl (C=O) groups excluding carboxylic acids is 1. The number of halogens is 1. The van der Waals surface area contributed by atoms with E-state index in [2.05, 4.69) is 26.1 Å². The van der Waals surface area contributed by atoms with Crippen LogP contribution in [0.1, 0.15) is 55.9 Å². The summed E-state index contributed by atoms with van der Waals surface area (Å²) in [6.45, 7) is 7.30.